The zero-order valence-corrected chi connectivity index (χ0v) is 7.27. The summed E-state index contributed by atoms with van der Waals surface area (Å²) in [6, 6.07) is 20.3. The average Bonchev–Trinajstić information content (AvgIpc) is 2.21. The van der Waals surface area contributed by atoms with E-state index in [-0.39, 0.29) is 1.43 Å². The van der Waals surface area contributed by atoms with Gasteiger partial charge in [-0.3, -0.25) is 0 Å². The van der Waals surface area contributed by atoms with Gasteiger partial charge in [0, 0.05) is 12.8 Å². The summed E-state index contributed by atoms with van der Waals surface area (Å²) in [5.74, 6) is 0. The monoisotopic (exact) mass is 171 g/mol. The lowest BCUT2D eigenvalue weighted by molar-refractivity contribution is 1.55. The number of rotatable bonds is 2. The Bertz CT molecular complexity index is 321. The molecule has 66 valence electrons. The number of benzene rings is 2. The minimum Gasteiger partial charge on any atom is -0.356 e. The molecule has 2 aromatic carbocycles. The minimum atomic E-state index is 0. The molecular formula is C12H13N. The summed E-state index contributed by atoms with van der Waals surface area (Å²) in [5.41, 5.74) is 2.24. The number of hydrogen-bond acceptors (Lipinski definition) is 1. The van der Waals surface area contributed by atoms with Gasteiger partial charge in [-0.05, 0) is 24.3 Å². The van der Waals surface area contributed by atoms with Crippen molar-refractivity contribution in [2.45, 2.75) is 0 Å². The van der Waals surface area contributed by atoms with E-state index in [2.05, 4.69) is 5.32 Å². The van der Waals surface area contributed by atoms with Crippen molar-refractivity contribution >= 4 is 11.4 Å². The maximum atomic E-state index is 3.30. The van der Waals surface area contributed by atoms with Gasteiger partial charge in [-0.15, -0.1) is 0 Å². The molecule has 0 atom stereocenters. The van der Waals surface area contributed by atoms with Crippen LogP contribution in [0.1, 0.15) is 1.43 Å². The van der Waals surface area contributed by atoms with Crippen LogP contribution in [-0.2, 0) is 0 Å². The molecule has 0 bridgehead atoms. The van der Waals surface area contributed by atoms with Crippen molar-refractivity contribution in [3.8, 4) is 0 Å². The van der Waals surface area contributed by atoms with Crippen molar-refractivity contribution in [3.05, 3.63) is 60.7 Å². The summed E-state index contributed by atoms with van der Waals surface area (Å²) < 4.78 is 0. The van der Waals surface area contributed by atoms with Crippen LogP contribution in [0.2, 0.25) is 0 Å². The Morgan fingerprint density at radius 2 is 1.00 bits per heavy atom. The first-order valence-electron chi connectivity index (χ1n) is 4.32. The van der Waals surface area contributed by atoms with Crippen molar-refractivity contribution in [1.29, 1.82) is 0 Å². The summed E-state index contributed by atoms with van der Waals surface area (Å²) in [5, 5.41) is 3.30. The molecule has 0 saturated carbocycles. The summed E-state index contributed by atoms with van der Waals surface area (Å²) >= 11 is 0. The van der Waals surface area contributed by atoms with Gasteiger partial charge in [-0.25, -0.2) is 0 Å². The number of anilines is 2. The lowest BCUT2D eigenvalue weighted by atomic mass is 10.3. The molecule has 0 fully saturated rings. The maximum absolute atomic E-state index is 3.30. The third-order valence-corrected chi connectivity index (χ3v) is 1.84. The second-order valence-corrected chi connectivity index (χ2v) is 2.86. The van der Waals surface area contributed by atoms with Crippen molar-refractivity contribution in [2.24, 2.45) is 0 Å². The van der Waals surface area contributed by atoms with Gasteiger partial charge in [-0.2, -0.15) is 0 Å². The molecule has 13 heavy (non-hydrogen) atoms. The third-order valence-electron chi connectivity index (χ3n) is 1.84. The Balaban J connectivity index is 0.000000980. The van der Waals surface area contributed by atoms with Crippen LogP contribution in [-0.4, -0.2) is 0 Å². The predicted molar refractivity (Wildman–Crippen MR) is 58.3 cm³/mol. The van der Waals surface area contributed by atoms with Crippen LogP contribution in [0.4, 0.5) is 11.4 Å². The molecule has 0 heterocycles. The molecule has 2 rings (SSSR count). The Labute approximate surface area is 79.5 Å². The molecule has 2 aromatic rings. The van der Waals surface area contributed by atoms with Crippen molar-refractivity contribution in [3.63, 3.8) is 0 Å². The average molecular weight is 171 g/mol. The van der Waals surface area contributed by atoms with E-state index in [4.69, 9.17) is 0 Å². The summed E-state index contributed by atoms with van der Waals surface area (Å²) in [7, 11) is 0. The molecule has 0 aliphatic rings. The molecular weight excluding hydrogens is 158 g/mol. The molecule has 0 saturated heterocycles. The van der Waals surface area contributed by atoms with E-state index in [0.29, 0.717) is 0 Å². The number of hydrogen-bond donors (Lipinski definition) is 1. The Morgan fingerprint density at radius 3 is 1.38 bits per heavy atom. The smallest absolute Gasteiger partial charge is 0.0384 e. The summed E-state index contributed by atoms with van der Waals surface area (Å²) in [4.78, 5) is 0. The molecule has 0 unspecified atom stereocenters. The normalized spacial score (nSPS) is 9.54. The molecule has 0 spiro atoms. The van der Waals surface area contributed by atoms with E-state index in [1.54, 1.807) is 0 Å². The molecule has 1 nitrogen and oxygen atoms in total. The van der Waals surface area contributed by atoms with Gasteiger partial charge >= 0.3 is 0 Å². The van der Waals surface area contributed by atoms with E-state index < -0.39 is 0 Å². The van der Waals surface area contributed by atoms with Gasteiger partial charge in [0.15, 0.2) is 0 Å². The fourth-order valence-corrected chi connectivity index (χ4v) is 1.21. The van der Waals surface area contributed by atoms with Gasteiger partial charge in [0.25, 0.3) is 0 Å². The second kappa shape index (κ2) is 3.76. The largest absolute Gasteiger partial charge is 0.356 e. The first-order chi connectivity index (χ1) is 6.45. The fraction of sp³-hybridized carbons (Fsp3) is 0. The van der Waals surface area contributed by atoms with Crippen LogP contribution in [0, 0.1) is 0 Å². The van der Waals surface area contributed by atoms with Gasteiger partial charge in [0.1, 0.15) is 0 Å². The number of para-hydroxylation sites is 2. The van der Waals surface area contributed by atoms with Crippen LogP contribution in [0.3, 0.4) is 0 Å². The van der Waals surface area contributed by atoms with Gasteiger partial charge < -0.3 is 5.32 Å². The van der Waals surface area contributed by atoms with Crippen LogP contribution in [0.15, 0.2) is 60.7 Å². The molecule has 1 heteroatoms. The lowest BCUT2D eigenvalue weighted by Gasteiger charge is -2.04. The SMILES string of the molecule is [HH].c1ccc(Nc2ccccc2)cc1. The van der Waals surface area contributed by atoms with Crippen molar-refractivity contribution in [1.82, 2.24) is 0 Å². The van der Waals surface area contributed by atoms with E-state index in [9.17, 15) is 0 Å². The van der Waals surface area contributed by atoms with Crippen LogP contribution in [0.25, 0.3) is 0 Å². The highest BCUT2D eigenvalue weighted by molar-refractivity contribution is 5.58. The highest BCUT2D eigenvalue weighted by Crippen LogP contribution is 2.14. The summed E-state index contributed by atoms with van der Waals surface area (Å²) in [6.45, 7) is 0. The number of nitrogens with one attached hydrogen (secondary N) is 1. The van der Waals surface area contributed by atoms with Crippen LogP contribution in [0.5, 0.6) is 0 Å². The standard InChI is InChI=1S/C12H11N.H2/c1-3-7-11(8-4-1)13-12-9-5-2-6-10-12;/h1-10,13H;1H. The molecule has 0 amide bonds. The first kappa shape index (κ1) is 7.87. The highest BCUT2D eigenvalue weighted by Gasteiger charge is 1.89. The van der Waals surface area contributed by atoms with Gasteiger partial charge in [0.2, 0.25) is 0 Å². The van der Waals surface area contributed by atoms with Crippen molar-refractivity contribution < 1.29 is 1.43 Å². The lowest BCUT2D eigenvalue weighted by Crippen LogP contribution is -1.87. The van der Waals surface area contributed by atoms with E-state index in [1.807, 2.05) is 60.7 Å². The zero-order chi connectivity index (χ0) is 8.93. The quantitative estimate of drug-likeness (QED) is 0.726. The van der Waals surface area contributed by atoms with Crippen LogP contribution >= 0.6 is 0 Å². The molecule has 0 aliphatic carbocycles. The maximum Gasteiger partial charge on any atom is 0.0384 e. The van der Waals surface area contributed by atoms with Crippen molar-refractivity contribution in [2.75, 3.05) is 5.32 Å². The van der Waals surface area contributed by atoms with E-state index in [0.717, 1.165) is 11.4 Å². The Hall–Kier alpha value is -1.76. The fourth-order valence-electron chi connectivity index (χ4n) is 1.21. The molecule has 0 aliphatic heterocycles. The molecule has 0 radical (unpaired) electrons. The summed E-state index contributed by atoms with van der Waals surface area (Å²) in [6.07, 6.45) is 0. The molecule has 1 N–H and O–H groups in total. The van der Waals surface area contributed by atoms with Gasteiger partial charge in [0.05, 0.1) is 0 Å². The Morgan fingerprint density at radius 1 is 0.615 bits per heavy atom. The van der Waals surface area contributed by atoms with E-state index in [1.165, 1.54) is 0 Å². The Kier molecular flexibility index (Phi) is 2.28. The topological polar surface area (TPSA) is 12.0 Å². The predicted octanol–water partition coefficient (Wildman–Crippen LogP) is 3.68. The minimum absolute atomic E-state index is 0. The van der Waals surface area contributed by atoms with E-state index >= 15 is 0 Å². The van der Waals surface area contributed by atoms with Crippen LogP contribution < -0.4 is 5.32 Å². The first-order valence-corrected chi connectivity index (χ1v) is 4.32. The molecule has 0 aromatic heterocycles. The van der Waals surface area contributed by atoms with Gasteiger partial charge in [-0.1, -0.05) is 36.4 Å². The zero-order valence-electron chi connectivity index (χ0n) is 7.27. The third kappa shape index (κ3) is 2.09. The second-order valence-electron chi connectivity index (χ2n) is 2.86. The highest BCUT2D eigenvalue weighted by atomic mass is 14.9.